The smallest absolute Gasteiger partial charge is 0.311 e. The molecule has 0 aliphatic heterocycles. The Morgan fingerprint density at radius 1 is 0.774 bits per heavy atom. The second kappa shape index (κ2) is 15.8. The summed E-state index contributed by atoms with van der Waals surface area (Å²) in [5.41, 5.74) is 0. The number of carbonyl (C=O) groups is 3. The first kappa shape index (κ1) is 29.1. The molecule has 0 rings (SSSR count). The summed E-state index contributed by atoms with van der Waals surface area (Å²) >= 11 is 0. The van der Waals surface area contributed by atoms with E-state index in [-0.39, 0.29) is 24.1 Å². The Bertz CT molecular complexity index is 519. The number of hydrogen-bond acceptors (Lipinski definition) is 4. The highest BCUT2D eigenvalue weighted by molar-refractivity contribution is 5.70. The molecule has 3 atom stereocenters. The molecule has 0 aliphatic rings. The van der Waals surface area contributed by atoms with Crippen molar-refractivity contribution in [3.8, 4) is 0 Å². The van der Waals surface area contributed by atoms with Crippen LogP contribution in [0.1, 0.15) is 79.1 Å². The number of hydrogen-bond donors (Lipinski definition) is 2. The zero-order valence-electron chi connectivity index (χ0n) is 19.8. The number of rotatable bonds is 19. The zero-order valence-corrected chi connectivity index (χ0v) is 19.8. The maximum absolute atomic E-state index is 11.5. The van der Waals surface area contributed by atoms with Gasteiger partial charge in [0.15, 0.2) is 0 Å². The number of unbranched alkanes of at least 4 members (excludes halogenated alkanes) is 6. The highest BCUT2D eigenvalue weighted by Gasteiger charge is 2.36. The van der Waals surface area contributed by atoms with Gasteiger partial charge in [-0.25, -0.2) is 0 Å². The molecule has 0 aromatic rings. The van der Waals surface area contributed by atoms with Crippen molar-refractivity contribution >= 4 is 17.9 Å². The molecule has 3 unspecified atom stereocenters. The van der Waals surface area contributed by atoms with E-state index in [9.17, 15) is 29.7 Å². The lowest BCUT2D eigenvalue weighted by atomic mass is 10.0. The van der Waals surface area contributed by atoms with E-state index < -0.39 is 35.7 Å². The molecule has 180 valence electrons. The summed E-state index contributed by atoms with van der Waals surface area (Å²) in [4.78, 5) is 34.4. The van der Waals surface area contributed by atoms with Crippen LogP contribution in [0.15, 0.2) is 12.2 Å². The zero-order chi connectivity index (χ0) is 23.9. The molecule has 7 heteroatoms. The molecule has 0 aromatic heterocycles. The molecule has 31 heavy (non-hydrogen) atoms. The van der Waals surface area contributed by atoms with Gasteiger partial charge in [0.2, 0.25) is 0 Å². The minimum Gasteiger partial charge on any atom is -0.550 e. The van der Waals surface area contributed by atoms with Crippen molar-refractivity contribution in [3.63, 3.8) is 0 Å². The predicted octanol–water partition coefficient (Wildman–Crippen LogP) is 3.33. The minimum absolute atomic E-state index is 0.170. The van der Waals surface area contributed by atoms with Crippen LogP contribution < -0.4 is 5.11 Å². The van der Waals surface area contributed by atoms with E-state index in [4.69, 9.17) is 0 Å². The molecule has 0 heterocycles. The van der Waals surface area contributed by atoms with E-state index in [0.717, 1.165) is 32.1 Å². The van der Waals surface area contributed by atoms with Crippen LogP contribution in [0.4, 0.5) is 0 Å². The fourth-order valence-electron chi connectivity index (χ4n) is 4.11. The van der Waals surface area contributed by atoms with E-state index in [1.54, 1.807) is 20.8 Å². The number of carboxylic acids is 3. The van der Waals surface area contributed by atoms with Crippen molar-refractivity contribution in [2.75, 3.05) is 26.2 Å². The Kier molecular flexibility index (Phi) is 14.9. The molecule has 0 aliphatic carbocycles. The second-order valence-corrected chi connectivity index (χ2v) is 9.13. The monoisotopic (exact) mass is 441 g/mol. The molecule has 0 saturated carbocycles. The van der Waals surface area contributed by atoms with Crippen LogP contribution in [0.2, 0.25) is 0 Å². The van der Waals surface area contributed by atoms with E-state index in [1.807, 2.05) is 0 Å². The van der Waals surface area contributed by atoms with Gasteiger partial charge in [0, 0.05) is 11.9 Å². The number of allylic oxidation sites excluding steroid dienone is 2. The Balaban J connectivity index is 5.09. The fraction of sp³-hybridized carbons (Fsp3) is 0.792. The summed E-state index contributed by atoms with van der Waals surface area (Å²) < 4.78 is 0.170. The largest absolute Gasteiger partial charge is 0.550 e. The summed E-state index contributed by atoms with van der Waals surface area (Å²) in [5.74, 6) is -5.28. The lowest BCUT2D eigenvalue weighted by Crippen LogP contribution is -2.58. The van der Waals surface area contributed by atoms with Gasteiger partial charge >= 0.3 is 11.9 Å². The van der Waals surface area contributed by atoms with Gasteiger partial charge in [0.25, 0.3) is 0 Å². The molecule has 0 amide bonds. The van der Waals surface area contributed by atoms with Crippen molar-refractivity contribution in [2.24, 2.45) is 17.8 Å². The molecule has 2 N–H and O–H groups in total. The molecule has 0 spiro atoms. The normalized spacial score (nSPS) is 16.5. The first-order valence-electron chi connectivity index (χ1n) is 11.7. The summed E-state index contributed by atoms with van der Waals surface area (Å²) in [6, 6.07) is 0. The van der Waals surface area contributed by atoms with Crippen LogP contribution in [0.5, 0.6) is 0 Å². The summed E-state index contributed by atoms with van der Waals surface area (Å²) in [6.07, 6.45) is 12.9. The number of carbonyl (C=O) groups excluding carboxylic acids is 1. The van der Waals surface area contributed by atoms with Crippen LogP contribution in [0, 0.1) is 17.8 Å². The maximum Gasteiger partial charge on any atom is 0.311 e. The van der Waals surface area contributed by atoms with Gasteiger partial charge in [0.1, 0.15) is 11.8 Å². The molecule has 0 fully saturated rings. The van der Waals surface area contributed by atoms with Gasteiger partial charge in [0.05, 0.1) is 26.2 Å². The molecule has 7 nitrogen and oxygen atoms in total. The molecule has 0 aromatic carbocycles. The summed E-state index contributed by atoms with van der Waals surface area (Å²) in [6.45, 7) is 8.07. The molecular weight excluding hydrogens is 398 g/mol. The Morgan fingerprint density at radius 3 is 1.65 bits per heavy atom. The predicted molar refractivity (Wildman–Crippen MR) is 119 cm³/mol. The lowest BCUT2D eigenvalue weighted by Gasteiger charge is -2.43. The lowest BCUT2D eigenvalue weighted by molar-refractivity contribution is -0.934. The van der Waals surface area contributed by atoms with Gasteiger partial charge in [-0.2, -0.15) is 0 Å². The highest BCUT2D eigenvalue weighted by atomic mass is 16.4. The molecule has 0 saturated heterocycles. The van der Waals surface area contributed by atoms with Crippen LogP contribution in [-0.4, -0.2) is 58.8 Å². The average molecular weight is 442 g/mol. The average Bonchev–Trinajstić information content (AvgIpc) is 2.68. The van der Waals surface area contributed by atoms with Gasteiger partial charge in [-0.3, -0.25) is 9.59 Å². The first-order chi connectivity index (χ1) is 14.5. The third kappa shape index (κ3) is 13.2. The van der Waals surface area contributed by atoms with E-state index >= 15 is 0 Å². The minimum atomic E-state index is -1.19. The Morgan fingerprint density at radius 2 is 1.23 bits per heavy atom. The maximum atomic E-state index is 11.5. The topological polar surface area (TPSA) is 115 Å². The van der Waals surface area contributed by atoms with Gasteiger partial charge in [-0.15, -0.1) is 0 Å². The van der Waals surface area contributed by atoms with Crippen molar-refractivity contribution < 1.29 is 34.2 Å². The van der Waals surface area contributed by atoms with Crippen LogP contribution in [0.25, 0.3) is 0 Å². The third-order valence-electron chi connectivity index (χ3n) is 5.87. The quantitative estimate of drug-likeness (QED) is 0.180. The SMILES string of the molecule is CCCCC/C=C/CCCCC[N+](CC(C)C(=O)[O-])(CC(C)C(=O)O)CC(C)C(=O)O. The van der Waals surface area contributed by atoms with Crippen molar-refractivity contribution in [1.82, 2.24) is 0 Å². The van der Waals surface area contributed by atoms with Crippen molar-refractivity contribution in [2.45, 2.75) is 79.1 Å². The first-order valence-corrected chi connectivity index (χ1v) is 11.7. The van der Waals surface area contributed by atoms with E-state index in [0.29, 0.717) is 6.54 Å². The Labute approximate surface area is 187 Å². The van der Waals surface area contributed by atoms with Crippen molar-refractivity contribution in [3.05, 3.63) is 12.2 Å². The number of aliphatic carboxylic acids is 3. The fourth-order valence-corrected chi connectivity index (χ4v) is 4.11. The summed E-state index contributed by atoms with van der Waals surface area (Å²) in [7, 11) is 0. The molecule has 0 bridgehead atoms. The van der Waals surface area contributed by atoms with Gasteiger partial charge < -0.3 is 24.6 Å². The third-order valence-corrected chi connectivity index (χ3v) is 5.87. The van der Waals surface area contributed by atoms with Crippen molar-refractivity contribution in [1.29, 1.82) is 0 Å². The second-order valence-electron chi connectivity index (χ2n) is 9.13. The number of quaternary nitrogens is 1. The number of carboxylic acid groups (broad SMARTS) is 3. The van der Waals surface area contributed by atoms with E-state index in [1.165, 1.54) is 19.3 Å². The molecular formula is C24H43NO6. The standard InChI is InChI=1S/C24H43NO6/c1-5-6-7-8-9-10-11-12-13-14-15-25(16-19(2)22(26)27,17-20(3)23(28)29)18-21(4)24(30)31/h9-10,19-21H,5-8,11-18H2,1-4H3,(H2-,26,27,28,29,30,31)/b10-9+. The van der Waals surface area contributed by atoms with Gasteiger partial charge in [-0.1, -0.05) is 38.8 Å². The van der Waals surface area contributed by atoms with E-state index in [2.05, 4.69) is 19.1 Å². The molecule has 0 radical (unpaired) electrons. The van der Waals surface area contributed by atoms with Gasteiger partial charge in [-0.05, 0) is 52.4 Å². The van der Waals surface area contributed by atoms with Crippen LogP contribution >= 0.6 is 0 Å². The summed E-state index contributed by atoms with van der Waals surface area (Å²) in [5, 5.41) is 30.2. The number of nitrogens with zero attached hydrogens (tertiary/aromatic N) is 1. The van der Waals surface area contributed by atoms with Crippen LogP contribution in [0.3, 0.4) is 0 Å². The highest BCUT2D eigenvalue weighted by Crippen LogP contribution is 2.21. The Hall–Kier alpha value is -1.89. The van der Waals surface area contributed by atoms with Crippen LogP contribution in [-0.2, 0) is 14.4 Å².